The first-order valence-electron chi connectivity index (χ1n) is 8.27. The maximum atomic E-state index is 13.0. The second kappa shape index (κ2) is 6.60. The van der Waals surface area contributed by atoms with Crippen molar-refractivity contribution < 1.29 is 22.0 Å². The number of nitrogens with one attached hydrogen (secondary N) is 1. The minimum Gasteiger partial charge on any atom is -0.459 e. The van der Waals surface area contributed by atoms with E-state index >= 15 is 0 Å². The molecule has 1 N–H and O–H groups in total. The largest absolute Gasteiger partial charge is 0.459 e. The van der Waals surface area contributed by atoms with Gasteiger partial charge in [0, 0.05) is 6.04 Å². The Labute approximate surface area is 147 Å². The lowest BCUT2D eigenvalue weighted by atomic mass is 10.00. The van der Waals surface area contributed by atoms with Crippen molar-refractivity contribution in [1.82, 2.24) is 15.5 Å². The highest BCUT2D eigenvalue weighted by Gasteiger charge is 2.35. The molecule has 3 aromatic rings. The zero-order valence-corrected chi connectivity index (χ0v) is 13.7. The van der Waals surface area contributed by atoms with Crippen molar-refractivity contribution in [2.24, 2.45) is 5.92 Å². The molecule has 5 nitrogen and oxygen atoms in total. The molecule has 26 heavy (non-hydrogen) atoms. The lowest BCUT2D eigenvalue weighted by Gasteiger charge is -2.19. The molecular formula is C18H16F3N3O2. The minimum atomic E-state index is -4.35. The zero-order chi connectivity index (χ0) is 18.1. The topological polar surface area (TPSA) is 64.1 Å². The number of nitrogens with zero attached hydrogens (tertiary/aromatic N) is 2. The predicted octanol–water partition coefficient (Wildman–Crippen LogP) is 4.59. The SMILES string of the molecule is FC(F)(F)c1cccc([C@@H](NCc2nnc(-c3ccco3)o2)C2CC2)c1. The first kappa shape index (κ1) is 16.8. The molecule has 1 atom stereocenters. The highest BCUT2D eigenvalue weighted by molar-refractivity contribution is 5.42. The van der Waals surface area contributed by atoms with E-state index in [0.717, 1.165) is 18.9 Å². The van der Waals surface area contributed by atoms with E-state index in [1.807, 2.05) is 0 Å². The molecule has 4 rings (SSSR count). The number of aromatic nitrogens is 2. The highest BCUT2D eigenvalue weighted by Crippen LogP contribution is 2.42. The summed E-state index contributed by atoms with van der Waals surface area (Å²) in [5.74, 6) is 1.41. The number of hydrogen-bond acceptors (Lipinski definition) is 5. The van der Waals surface area contributed by atoms with Gasteiger partial charge >= 0.3 is 6.18 Å². The second-order valence-corrected chi connectivity index (χ2v) is 6.30. The first-order valence-corrected chi connectivity index (χ1v) is 8.27. The van der Waals surface area contributed by atoms with Gasteiger partial charge in [0.15, 0.2) is 5.76 Å². The Bertz CT molecular complexity index is 870. The molecule has 2 aromatic heterocycles. The summed E-state index contributed by atoms with van der Waals surface area (Å²) in [6.07, 6.45) is -0.881. The van der Waals surface area contributed by atoms with E-state index in [1.54, 1.807) is 18.2 Å². The smallest absolute Gasteiger partial charge is 0.416 e. The number of rotatable bonds is 6. The quantitative estimate of drug-likeness (QED) is 0.694. The molecule has 1 fully saturated rings. The van der Waals surface area contributed by atoms with Gasteiger partial charge in [-0.1, -0.05) is 12.1 Å². The maximum Gasteiger partial charge on any atom is 0.416 e. The Kier molecular flexibility index (Phi) is 4.28. The standard InChI is InChI=1S/C18H16F3N3O2/c19-18(20,21)13-4-1-3-12(9-13)16(11-6-7-11)22-10-15-23-24-17(26-15)14-5-2-8-25-14/h1-5,8-9,11,16,22H,6-7,10H2/t16-/m0/s1. The van der Waals surface area contributed by atoms with Crippen LogP contribution >= 0.6 is 0 Å². The second-order valence-electron chi connectivity index (χ2n) is 6.30. The van der Waals surface area contributed by atoms with Crippen LogP contribution < -0.4 is 5.32 Å². The fourth-order valence-electron chi connectivity index (χ4n) is 2.92. The fraction of sp³-hybridized carbons (Fsp3) is 0.333. The summed E-state index contributed by atoms with van der Waals surface area (Å²) in [7, 11) is 0. The summed E-state index contributed by atoms with van der Waals surface area (Å²) in [6.45, 7) is 0.269. The average Bonchev–Trinajstić information content (AvgIpc) is 3.11. The van der Waals surface area contributed by atoms with Crippen molar-refractivity contribution >= 4 is 0 Å². The molecule has 0 bridgehead atoms. The molecule has 1 aromatic carbocycles. The predicted molar refractivity (Wildman–Crippen MR) is 85.7 cm³/mol. The van der Waals surface area contributed by atoms with Crippen LogP contribution in [0.15, 0.2) is 51.5 Å². The van der Waals surface area contributed by atoms with Crippen molar-refractivity contribution in [2.45, 2.75) is 31.6 Å². The molecule has 1 saturated carbocycles. The molecule has 0 spiro atoms. The van der Waals surface area contributed by atoms with Crippen LogP contribution in [0.1, 0.15) is 35.9 Å². The number of halogens is 3. The minimum absolute atomic E-state index is 0.184. The van der Waals surface area contributed by atoms with Gasteiger partial charge in [-0.15, -0.1) is 10.2 Å². The van der Waals surface area contributed by atoms with Crippen molar-refractivity contribution in [3.63, 3.8) is 0 Å². The molecule has 0 aliphatic heterocycles. The van der Waals surface area contributed by atoms with Gasteiger partial charge in [-0.3, -0.25) is 0 Å². The fourth-order valence-corrected chi connectivity index (χ4v) is 2.92. The number of furan rings is 1. The molecule has 8 heteroatoms. The van der Waals surface area contributed by atoms with E-state index in [0.29, 0.717) is 23.1 Å². The Morgan fingerprint density at radius 1 is 1.15 bits per heavy atom. The molecule has 0 saturated heterocycles. The van der Waals surface area contributed by atoms with Crippen molar-refractivity contribution in [3.8, 4) is 11.7 Å². The van der Waals surface area contributed by atoms with Gasteiger partial charge in [0.05, 0.1) is 18.4 Å². The molecule has 1 aliphatic carbocycles. The lowest BCUT2D eigenvalue weighted by molar-refractivity contribution is -0.137. The average molecular weight is 363 g/mol. The molecular weight excluding hydrogens is 347 g/mol. The molecule has 1 aliphatic rings. The third-order valence-electron chi connectivity index (χ3n) is 4.34. The summed E-state index contributed by atoms with van der Waals surface area (Å²) in [5, 5.41) is 11.1. The summed E-state index contributed by atoms with van der Waals surface area (Å²) < 4.78 is 49.7. The summed E-state index contributed by atoms with van der Waals surface area (Å²) in [4.78, 5) is 0. The monoisotopic (exact) mass is 363 g/mol. The molecule has 136 valence electrons. The van der Waals surface area contributed by atoms with Crippen molar-refractivity contribution in [2.75, 3.05) is 0 Å². The van der Waals surface area contributed by atoms with Crippen LogP contribution in [-0.4, -0.2) is 10.2 Å². The van der Waals surface area contributed by atoms with Crippen LogP contribution in [0.3, 0.4) is 0 Å². The normalized spacial score (nSPS) is 16.0. The van der Waals surface area contributed by atoms with Gasteiger partial charge in [0.2, 0.25) is 5.89 Å². The maximum absolute atomic E-state index is 13.0. The van der Waals surface area contributed by atoms with Gasteiger partial charge in [0.25, 0.3) is 5.89 Å². The van der Waals surface area contributed by atoms with Gasteiger partial charge < -0.3 is 14.2 Å². The summed E-state index contributed by atoms with van der Waals surface area (Å²) in [6, 6.07) is 8.69. The zero-order valence-electron chi connectivity index (χ0n) is 13.7. The Hall–Kier alpha value is -2.61. The number of alkyl halides is 3. The molecule has 0 radical (unpaired) electrons. The van der Waals surface area contributed by atoms with Crippen LogP contribution in [0.5, 0.6) is 0 Å². The number of hydrogen-bond donors (Lipinski definition) is 1. The van der Waals surface area contributed by atoms with E-state index in [4.69, 9.17) is 8.83 Å². The summed E-state index contributed by atoms with van der Waals surface area (Å²) in [5.41, 5.74) is -0.0200. The highest BCUT2D eigenvalue weighted by atomic mass is 19.4. The Morgan fingerprint density at radius 3 is 2.69 bits per heavy atom. The first-order chi connectivity index (χ1) is 12.5. The Morgan fingerprint density at radius 2 is 2.00 bits per heavy atom. The van der Waals surface area contributed by atoms with Gasteiger partial charge in [-0.2, -0.15) is 13.2 Å². The Balaban J connectivity index is 1.48. The van der Waals surface area contributed by atoms with Crippen LogP contribution in [0, 0.1) is 5.92 Å². The van der Waals surface area contributed by atoms with Crippen molar-refractivity contribution in [3.05, 3.63) is 59.7 Å². The van der Waals surface area contributed by atoms with Crippen LogP contribution in [0.25, 0.3) is 11.7 Å². The van der Waals surface area contributed by atoms with Gasteiger partial charge in [0.1, 0.15) is 0 Å². The number of benzene rings is 1. The van der Waals surface area contributed by atoms with Gasteiger partial charge in [-0.05, 0) is 48.6 Å². The summed E-state index contributed by atoms with van der Waals surface area (Å²) >= 11 is 0. The van der Waals surface area contributed by atoms with E-state index in [9.17, 15) is 13.2 Å². The third-order valence-corrected chi connectivity index (χ3v) is 4.34. The van der Waals surface area contributed by atoms with Crippen LogP contribution in [0.2, 0.25) is 0 Å². The molecule has 2 heterocycles. The van der Waals surface area contributed by atoms with E-state index in [2.05, 4.69) is 15.5 Å². The lowest BCUT2D eigenvalue weighted by Crippen LogP contribution is -2.23. The van der Waals surface area contributed by atoms with Crippen LogP contribution in [-0.2, 0) is 12.7 Å². The van der Waals surface area contributed by atoms with E-state index < -0.39 is 11.7 Å². The van der Waals surface area contributed by atoms with E-state index in [1.165, 1.54) is 18.4 Å². The van der Waals surface area contributed by atoms with Gasteiger partial charge in [-0.25, -0.2) is 0 Å². The molecule has 0 unspecified atom stereocenters. The van der Waals surface area contributed by atoms with E-state index in [-0.39, 0.29) is 18.5 Å². The third kappa shape index (κ3) is 3.65. The molecule has 0 amide bonds. The van der Waals surface area contributed by atoms with Crippen LogP contribution in [0.4, 0.5) is 13.2 Å². The van der Waals surface area contributed by atoms with Crippen molar-refractivity contribution in [1.29, 1.82) is 0 Å².